The van der Waals surface area contributed by atoms with Gasteiger partial charge in [0.25, 0.3) is 0 Å². The van der Waals surface area contributed by atoms with E-state index in [1.54, 1.807) is 24.5 Å². The lowest BCUT2D eigenvalue weighted by atomic mass is 10.0. The molecule has 1 aromatic carbocycles. The van der Waals surface area contributed by atoms with Crippen LogP contribution in [-0.4, -0.2) is 29.1 Å². The van der Waals surface area contributed by atoms with Crippen molar-refractivity contribution in [2.24, 2.45) is 0 Å². The van der Waals surface area contributed by atoms with Gasteiger partial charge in [0.15, 0.2) is 11.6 Å². The van der Waals surface area contributed by atoms with Crippen LogP contribution >= 0.6 is 0 Å². The number of alkyl halides is 1. The summed E-state index contributed by atoms with van der Waals surface area (Å²) in [5.74, 6) is -0.235. The van der Waals surface area contributed by atoms with Gasteiger partial charge < -0.3 is 15.4 Å². The van der Waals surface area contributed by atoms with Gasteiger partial charge in [-0.3, -0.25) is 4.68 Å². The first-order chi connectivity index (χ1) is 11.7. The van der Waals surface area contributed by atoms with Gasteiger partial charge in [0.2, 0.25) is 0 Å². The molecule has 2 N–H and O–H groups in total. The van der Waals surface area contributed by atoms with Crippen LogP contribution in [0.5, 0.6) is 5.75 Å². The SMILES string of the molecule is O=C(NCc1cnn(CCF)c1)N[C@H]1CCOc2c(F)cccc21. The highest BCUT2D eigenvalue weighted by atomic mass is 19.1. The maximum absolute atomic E-state index is 13.7. The summed E-state index contributed by atoms with van der Waals surface area (Å²) in [7, 11) is 0. The largest absolute Gasteiger partial charge is 0.490 e. The molecular formula is C16H18F2N4O2. The third-order valence-electron chi connectivity index (χ3n) is 3.78. The number of para-hydroxylation sites is 1. The first-order valence-corrected chi connectivity index (χ1v) is 7.70. The third-order valence-corrected chi connectivity index (χ3v) is 3.78. The van der Waals surface area contributed by atoms with Crippen LogP contribution in [0.25, 0.3) is 0 Å². The highest BCUT2D eigenvalue weighted by Crippen LogP contribution is 2.33. The summed E-state index contributed by atoms with van der Waals surface area (Å²) >= 11 is 0. The Balaban J connectivity index is 1.57. The standard InChI is InChI=1S/C16H18F2N4O2/c17-5-6-22-10-11(9-20-22)8-19-16(23)21-14-4-7-24-15-12(14)2-1-3-13(15)18/h1-3,9-10,14H,4-8H2,(H2,19,21,23)/t14-/m0/s1. The number of ether oxygens (including phenoxy) is 1. The first kappa shape index (κ1) is 16.2. The van der Waals surface area contributed by atoms with Crippen LogP contribution < -0.4 is 15.4 Å². The maximum Gasteiger partial charge on any atom is 0.315 e. The highest BCUT2D eigenvalue weighted by Gasteiger charge is 2.25. The Morgan fingerprint density at radius 2 is 2.33 bits per heavy atom. The van der Waals surface area contributed by atoms with E-state index in [1.807, 2.05) is 0 Å². The number of rotatable bonds is 5. The molecule has 0 aliphatic carbocycles. The lowest BCUT2D eigenvalue weighted by molar-refractivity contribution is 0.219. The van der Waals surface area contributed by atoms with Crippen LogP contribution in [0.1, 0.15) is 23.6 Å². The minimum atomic E-state index is -0.491. The van der Waals surface area contributed by atoms with Crippen molar-refractivity contribution in [1.82, 2.24) is 20.4 Å². The van der Waals surface area contributed by atoms with E-state index in [1.165, 1.54) is 10.7 Å². The molecule has 1 atom stereocenters. The summed E-state index contributed by atoms with van der Waals surface area (Å²) in [5.41, 5.74) is 1.41. The van der Waals surface area contributed by atoms with E-state index in [4.69, 9.17) is 4.74 Å². The molecule has 0 spiro atoms. The molecule has 0 unspecified atom stereocenters. The van der Waals surface area contributed by atoms with Gasteiger partial charge in [0.1, 0.15) is 6.67 Å². The lowest BCUT2D eigenvalue weighted by Crippen LogP contribution is -2.39. The second-order valence-electron chi connectivity index (χ2n) is 5.48. The van der Waals surface area contributed by atoms with Crippen molar-refractivity contribution in [3.63, 3.8) is 0 Å². The van der Waals surface area contributed by atoms with Crippen LogP contribution in [0.3, 0.4) is 0 Å². The van der Waals surface area contributed by atoms with E-state index >= 15 is 0 Å². The number of halogens is 2. The molecule has 3 rings (SSSR count). The van der Waals surface area contributed by atoms with E-state index in [9.17, 15) is 13.6 Å². The average Bonchev–Trinajstić information content (AvgIpc) is 3.02. The number of nitrogens with zero attached hydrogens (tertiary/aromatic N) is 2. The Morgan fingerprint density at radius 1 is 1.46 bits per heavy atom. The Labute approximate surface area is 137 Å². The fourth-order valence-corrected chi connectivity index (χ4v) is 2.63. The number of hydrogen-bond donors (Lipinski definition) is 2. The molecule has 0 saturated carbocycles. The van der Waals surface area contributed by atoms with E-state index in [0.29, 0.717) is 18.6 Å². The fraction of sp³-hybridized carbons (Fsp3) is 0.375. The summed E-state index contributed by atoms with van der Waals surface area (Å²) in [6.07, 6.45) is 3.83. The summed E-state index contributed by atoms with van der Waals surface area (Å²) < 4.78 is 32.8. The molecule has 2 aromatic rings. The van der Waals surface area contributed by atoms with Crippen molar-refractivity contribution in [3.05, 3.63) is 47.5 Å². The van der Waals surface area contributed by atoms with Gasteiger partial charge in [0, 0.05) is 30.3 Å². The maximum atomic E-state index is 13.7. The molecule has 1 aliphatic heterocycles. The van der Waals surface area contributed by atoms with E-state index in [-0.39, 0.29) is 30.9 Å². The molecule has 0 radical (unpaired) electrons. The Hall–Kier alpha value is -2.64. The number of aromatic nitrogens is 2. The summed E-state index contributed by atoms with van der Waals surface area (Å²) in [6, 6.07) is 3.99. The van der Waals surface area contributed by atoms with Crippen molar-refractivity contribution in [2.45, 2.75) is 25.6 Å². The van der Waals surface area contributed by atoms with E-state index in [2.05, 4.69) is 15.7 Å². The topological polar surface area (TPSA) is 68.2 Å². The molecule has 0 fully saturated rings. The number of hydrogen-bond acceptors (Lipinski definition) is 3. The predicted molar refractivity (Wildman–Crippen MR) is 82.8 cm³/mol. The molecule has 8 heteroatoms. The zero-order valence-corrected chi connectivity index (χ0v) is 13.0. The van der Waals surface area contributed by atoms with Crippen LogP contribution in [0.2, 0.25) is 0 Å². The lowest BCUT2D eigenvalue weighted by Gasteiger charge is -2.26. The van der Waals surface area contributed by atoms with Crippen LogP contribution in [0, 0.1) is 5.82 Å². The molecule has 1 aliphatic rings. The number of urea groups is 1. The zero-order valence-electron chi connectivity index (χ0n) is 13.0. The van der Waals surface area contributed by atoms with Crippen molar-refractivity contribution in [3.8, 4) is 5.75 Å². The monoisotopic (exact) mass is 336 g/mol. The number of benzene rings is 1. The normalized spacial score (nSPS) is 16.2. The number of fused-ring (bicyclic) bond motifs is 1. The van der Waals surface area contributed by atoms with Gasteiger partial charge in [-0.25, -0.2) is 13.6 Å². The van der Waals surface area contributed by atoms with Gasteiger partial charge in [-0.2, -0.15) is 5.10 Å². The number of amides is 2. The minimum absolute atomic E-state index is 0.191. The van der Waals surface area contributed by atoms with Gasteiger partial charge >= 0.3 is 6.03 Å². The molecular weight excluding hydrogens is 318 g/mol. The van der Waals surface area contributed by atoms with Crippen LogP contribution in [-0.2, 0) is 13.1 Å². The predicted octanol–water partition coefficient (Wildman–Crippen LogP) is 2.31. The Kier molecular flexibility index (Phi) is 4.93. The number of carbonyl (C=O) groups is 1. The van der Waals surface area contributed by atoms with Gasteiger partial charge in [-0.1, -0.05) is 12.1 Å². The van der Waals surface area contributed by atoms with E-state index < -0.39 is 12.5 Å². The molecule has 2 heterocycles. The summed E-state index contributed by atoms with van der Waals surface area (Å²) in [5, 5.41) is 9.52. The molecule has 128 valence electrons. The molecule has 0 bridgehead atoms. The van der Waals surface area contributed by atoms with E-state index in [0.717, 1.165) is 5.56 Å². The molecule has 1 aromatic heterocycles. The third kappa shape index (κ3) is 3.64. The fourth-order valence-electron chi connectivity index (χ4n) is 2.63. The minimum Gasteiger partial charge on any atom is -0.490 e. The second-order valence-corrected chi connectivity index (χ2v) is 5.48. The van der Waals surface area contributed by atoms with Gasteiger partial charge in [-0.15, -0.1) is 0 Å². The number of carbonyl (C=O) groups excluding carboxylic acids is 1. The smallest absolute Gasteiger partial charge is 0.315 e. The Morgan fingerprint density at radius 3 is 3.17 bits per heavy atom. The van der Waals surface area contributed by atoms with Crippen molar-refractivity contribution >= 4 is 6.03 Å². The Bertz CT molecular complexity index is 720. The average molecular weight is 336 g/mol. The van der Waals surface area contributed by atoms with Gasteiger partial charge in [0.05, 0.1) is 25.4 Å². The van der Waals surface area contributed by atoms with Crippen molar-refractivity contribution in [2.75, 3.05) is 13.3 Å². The van der Waals surface area contributed by atoms with Crippen molar-refractivity contribution in [1.29, 1.82) is 0 Å². The molecule has 2 amide bonds. The molecule has 6 nitrogen and oxygen atoms in total. The summed E-state index contributed by atoms with van der Waals surface area (Å²) in [4.78, 5) is 12.1. The van der Waals surface area contributed by atoms with Crippen LogP contribution in [0.15, 0.2) is 30.6 Å². The highest BCUT2D eigenvalue weighted by molar-refractivity contribution is 5.74. The quantitative estimate of drug-likeness (QED) is 0.880. The second kappa shape index (κ2) is 7.29. The van der Waals surface area contributed by atoms with Crippen molar-refractivity contribution < 1.29 is 18.3 Å². The summed E-state index contributed by atoms with van der Waals surface area (Å²) in [6.45, 7) is 0.317. The molecule has 24 heavy (non-hydrogen) atoms. The van der Waals surface area contributed by atoms with Crippen LogP contribution in [0.4, 0.5) is 13.6 Å². The number of aryl methyl sites for hydroxylation is 1. The van der Waals surface area contributed by atoms with Gasteiger partial charge in [-0.05, 0) is 6.07 Å². The number of nitrogens with one attached hydrogen (secondary N) is 2. The zero-order chi connectivity index (χ0) is 16.9. The first-order valence-electron chi connectivity index (χ1n) is 7.70. The molecule has 0 saturated heterocycles.